The molecule has 2 heterocycles. The van der Waals surface area contributed by atoms with E-state index in [2.05, 4.69) is 77.4 Å². The Morgan fingerprint density at radius 2 is 1.30 bits per heavy atom. The average molecular weight is 1080 g/mol. The number of anilines is 1. The van der Waals surface area contributed by atoms with Crippen LogP contribution in [0.4, 0.5) is 18.9 Å². The van der Waals surface area contributed by atoms with E-state index in [4.69, 9.17) is 14.3 Å². The number of nitrogens with one attached hydrogen (secondary N) is 3. The van der Waals surface area contributed by atoms with Gasteiger partial charge >= 0.3 is 12.1 Å². The topological polar surface area (TPSA) is 204 Å². The minimum Gasteiger partial charge on any atom is -0.542 e. The number of benzene rings is 6. The molecule has 3 aliphatic rings. The molecule has 0 radical (unpaired) electrons. The fourth-order valence-electron chi connectivity index (χ4n) is 10.2. The molecule has 8 rings (SSSR count). The van der Waals surface area contributed by atoms with Crippen LogP contribution in [-0.4, -0.2) is 103 Å². The number of carboxylic acids is 2. The van der Waals surface area contributed by atoms with Crippen molar-refractivity contribution in [3.63, 3.8) is 0 Å². The number of aliphatic carboxylic acids is 2. The van der Waals surface area contributed by atoms with Crippen molar-refractivity contribution in [1.29, 1.82) is 0 Å². The SMILES string of the molecule is CCN(CC)c1ccc2c(-c3ccccc3C(=O)N3CCCC3C(=O)NC(C)C(=O)NC(CC(=O)NC(c3ccccc3)(c3ccccc3)c3ccccc3)C(=O)O)c3ccc(=[N+](CC)CC)cc-3oc2c1.O=C([O-])C(F)(F)F. The molecule has 1 saturated heterocycles. The number of rotatable bonds is 18. The third-order valence-electron chi connectivity index (χ3n) is 14.1. The molecule has 15 nitrogen and oxygen atoms in total. The van der Waals surface area contributed by atoms with Crippen LogP contribution in [0.1, 0.15) is 80.9 Å². The third-order valence-corrected chi connectivity index (χ3v) is 14.1. The van der Waals surface area contributed by atoms with Crippen LogP contribution in [-0.2, 0) is 29.5 Å². The second-order valence-electron chi connectivity index (χ2n) is 18.9. The quantitative estimate of drug-likeness (QED) is 0.0383. The molecule has 3 unspecified atom stereocenters. The zero-order valence-corrected chi connectivity index (χ0v) is 44.5. The highest BCUT2D eigenvalue weighted by Gasteiger charge is 2.40. The van der Waals surface area contributed by atoms with Gasteiger partial charge in [0.1, 0.15) is 54.1 Å². The highest BCUT2D eigenvalue weighted by Crippen LogP contribution is 2.43. The normalized spacial score (nSPS) is 14.1. The molecule has 4 amide bonds. The number of likely N-dealkylation sites (tertiary alicyclic amines) is 1. The number of carboxylic acid groups (broad SMARTS) is 2. The summed E-state index contributed by atoms with van der Waals surface area (Å²) < 4.78 is 40.5. The number of alkyl halides is 3. The number of hydrogen-bond acceptors (Lipinski definition) is 9. The Bertz CT molecular complexity index is 3250. The molecule has 1 aliphatic carbocycles. The fourth-order valence-corrected chi connectivity index (χ4v) is 10.2. The van der Waals surface area contributed by atoms with Gasteiger partial charge in [-0.05, 0) is 94.0 Å². The van der Waals surface area contributed by atoms with Gasteiger partial charge in [0.25, 0.3) is 5.91 Å². The number of halogens is 3. The minimum atomic E-state index is -5.19. The van der Waals surface area contributed by atoms with E-state index < -0.39 is 65.9 Å². The molecule has 0 spiro atoms. The molecule has 1 fully saturated rings. The summed E-state index contributed by atoms with van der Waals surface area (Å²) >= 11 is 0. The summed E-state index contributed by atoms with van der Waals surface area (Å²) in [7, 11) is 0. The van der Waals surface area contributed by atoms with Gasteiger partial charge in [0.05, 0.1) is 12.5 Å². The van der Waals surface area contributed by atoms with Gasteiger partial charge in [-0.2, -0.15) is 13.2 Å². The summed E-state index contributed by atoms with van der Waals surface area (Å²) in [5, 5.41) is 29.4. The molecule has 412 valence electrons. The predicted octanol–water partition coefficient (Wildman–Crippen LogP) is 7.34. The first-order valence-electron chi connectivity index (χ1n) is 26.2. The molecular weight excluding hydrogens is 1020 g/mol. The lowest BCUT2D eigenvalue weighted by molar-refractivity contribution is -0.344. The number of hydrogen-bond donors (Lipinski definition) is 4. The van der Waals surface area contributed by atoms with Crippen molar-refractivity contribution < 1.29 is 56.6 Å². The standard InChI is InChI=1S/C59H62N6O7.C2HF3O2/c1-6-63(7-2)43-31-33-47-51(36-43)72-52-37-44(64(8-3)9-4)32-34-48(52)54(47)45-28-19-20-29-46(45)57(69)65-35-21-30-50(65)56(68)60-39(5)55(67)61-49(58(70)71)38-53(66)62-59(40-22-13-10-14-23-40,41-24-15-11-16-25-41)42-26-17-12-18-27-42;3-2(4,5)1(6)7/h10-20,22-29,31-34,36-37,39,49-50H,6-9,21,30,35,38H2,1-5H3,(H3-,60,61,62,66,67,68,70,71);(H,6,7). The Hall–Kier alpha value is -8.80. The number of fused-ring (bicyclic) bond motifs is 2. The fraction of sp³-hybridized carbons (Fsp3) is 0.295. The summed E-state index contributed by atoms with van der Waals surface area (Å²) in [6.07, 6.45) is -4.89. The van der Waals surface area contributed by atoms with E-state index in [1.807, 2.05) is 121 Å². The van der Waals surface area contributed by atoms with Crippen LogP contribution < -0.4 is 35.9 Å². The third kappa shape index (κ3) is 13.0. The molecule has 5 aromatic carbocycles. The molecule has 0 bridgehead atoms. The summed E-state index contributed by atoms with van der Waals surface area (Å²) in [6.45, 7) is 13.5. The van der Waals surface area contributed by atoms with Crippen molar-refractivity contribution in [2.75, 3.05) is 37.6 Å². The number of carbonyl (C=O) groups is 6. The first kappa shape index (κ1) is 57.9. The summed E-state index contributed by atoms with van der Waals surface area (Å²) in [4.78, 5) is 82.3. The molecule has 18 heteroatoms. The van der Waals surface area contributed by atoms with Crippen molar-refractivity contribution in [2.45, 2.75) is 83.7 Å². The first-order chi connectivity index (χ1) is 37.9. The highest BCUT2D eigenvalue weighted by molar-refractivity contribution is 6.10. The van der Waals surface area contributed by atoms with E-state index in [-0.39, 0.29) is 5.91 Å². The number of amides is 4. The smallest absolute Gasteiger partial charge is 0.430 e. The predicted molar refractivity (Wildman–Crippen MR) is 292 cm³/mol. The highest BCUT2D eigenvalue weighted by atomic mass is 19.4. The van der Waals surface area contributed by atoms with E-state index >= 15 is 0 Å². The van der Waals surface area contributed by atoms with Crippen molar-refractivity contribution in [3.05, 3.63) is 179 Å². The van der Waals surface area contributed by atoms with Gasteiger partial charge in [-0.25, -0.2) is 9.37 Å². The van der Waals surface area contributed by atoms with Crippen LogP contribution in [0.15, 0.2) is 156 Å². The summed E-state index contributed by atoms with van der Waals surface area (Å²) in [5.41, 5.74) is 5.52. The Morgan fingerprint density at radius 3 is 1.84 bits per heavy atom. The van der Waals surface area contributed by atoms with Crippen LogP contribution >= 0.6 is 0 Å². The lowest BCUT2D eigenvalue weighted by Gasteiger charge is -2.37. The maximum atomic E-state index is 14.9. The Kier molecular flexibility index (Phi) is 18.7. The summed E-state index contributed by atoms with van der Waals surface area (Å²) in [5.74, 6) is -6.07. The largest absolute Gasteiger partial charge is 0.542 e. The molecular formula is C61H63F3N6O9. The van der Waals surface area contributed by atoms with Gasteiger partial charge in [0.2, 0.25) is 23.1 Å². The maximum absolute atomic E-state index is 14.9. The van der Waals surface area contributed by atoms with Crippen molar-refractivity contribution in [2.24, 2.45) is 0 Å². The molecule has 79 heavy (non-hydrogen) atoms. The van der Waals surface area contributed by atoms with Crippen LogP contribution in [0, 0.1) is 0 Å². The lowest BCUT2D eigenvalue weighted by atomic mass is 9.77. The van der Waals surface area contributed by atoms with Gasteiger partial charge in [0, 0.05) is 59.5 Å². The van der Waals surface area contributed by atoms with Gasteiger partial charge in [0.15, 0.2) is 0 Å². The monoisotopic (exact) mass is 1080 g/mol. The molecule has 2 aliphatic heterocycles. The number of carbonyl (C=O) groups excluding carboxylic acids is 5. The van der Waals surface area contributed by atoms with E-state index in [1.165, 1.54) is 6.92 Å². The second-order valence-corrected chi connectivity index (χ2v) is 18.9. The van der Waals surface area contributed by atoms with Gasteiger partial charge < -0.3 is 45.2 Å². The van der Waals surface area contributed by atoms with E-state index in [1.54, 1.807) is 11.0 Å². The van der Waals surface area contributed by atoms with Crippen molar-refractivity contribution >= 4 is 52.2 Å². The van der Waals surface area contributed by atoms with E-state index in [9.17, 15) is 42.3 Å². The number of nitrogens with zero attached hydrogens (tertiary/aromatic N) is 3. The van der Waals surface area contributed by atoms with Gasteiger partial charge in [-0.15, -0.1) is 0 Å². The Balaban J connectivity index is 0.00000121. The Morgan fingerprint density at radius 1 is 0.747 bits per heavy atom. The first-order valence-corrected chi connectivity index (χ1v) is 26.2. The lowest BCUT2D eigenvalue weighted by Crippen LogP contribution is -2.55. The molecule has 4 N–H and O–H groups in total. The summed E-state index contributed by atoms with van der Waals surface area (Å²) in [6, 6.07) is 44.2. The van der Waals surface area contributed by atoms with Crippen molar-refractivity contribution in [3.8, 4) is 22.5 Å². The molecule has 0 aromatic heterocycles. The van der Waals surface area contributed by atoms with Gasteiger partial charge in [-0.1, -0.05) is 109 Å². The minimum absolute atomic E-state index is 0.310. The maximum Gasteiger partial charge on any atom is 0.430 e. The van der Waals surface area contributed by atoms with Crippen LogP contribution in [0.2, 0.25) is 0 Å². The zero-order valence-electron chi connectivity index (χ0n) is 44.5. The van der Waals surface area contributed by atoms with E-state index in [0.29, 0.717) is 41.9 Å². The Labute approximate surface area is 455 Å². The zero-order chi connectivity index (χ0) is 57.0. The molecule has 3 atom stereocenters. The van der Waals surface area contributed by atoms with E-state index in [0.717, 1.165) is 70.4 Å². The molecule has 5 aromatic rings. The van der Waals surface area contributed by atoms with Crippen LogP contribution in [0.25, 0.3) is 33.4 Å². The average Bonchev–Trinajstić information content (AvgIpc) is 4.05. The van der Waals surface area contributed by atoms with Crippen LogP contribution in [0.3, 0.4) is 0 Å². The van der Waals surface area contributed by atoms with Crippen molar-refractivity contribution in [1.82, 2.24) is 25.4 Å². The molecule has 0 saturated carbocycles. The van der Waals surface area contributed by atoms with Crippen LogP contribution in [0.5, 0.6) is 0 Å². The second kappa shape index (κ2) is 25.6. The van der Waals surface area contributed by atoms with Gasteiger partial charge in [-0.3, -0.25) is 19.2 Å².